The Hall–Kier alpha value is -2.28. The number of piperidine rings is 2. The molecule has 0 saturated carbocycles. The van der Waals surface area contributed by atoms with Crippen molar-refractivity contribution in [3.8, 4) is 11.5 Å². The number of rotatable bonds is 4. The Kier molecular flexibility index (Phi) is 8.57. The number of hydrogen-bond acceptors (Lipinski definition) is 5. The van der Waals surface area contributed by atoms with Gasteiger partial charge in [-0.2, -0.15) is 0 Å². The van der Waals surface area contributed by atoms with E-state index in [9.17, 15) is 4.79 Å². The highest BCUT2D eigenvalue weighted by atomic mass is 16.5. The molecule has 2 aliphatic rings. The molecular formula is C21H32N2O5. The molecule has 1 atom stereocenters. The van der Waals surface area contributed by atoms with Gasteiger partial charge in [0, 0.05) is 25.2 Å². The van der Waals surface area contributed by atoms with Crippen molar-refractivity contribution in [2.24, 2.45) is 5.92 Å². The first kappa shape index (κ1) is 22.0. The number of carbonyl (C=O) groups excluding carboxylic acids is 1. The molecule has 2 aliphatic heterocycles. The Balaban J connectivity index is 0.000000878. The number of ether oxygens (including phenoxy) is 2. The van der Waals surface area contributed by atoms with Crippen LogP contribution in [0.15, 0.2) is 18.2 Å². The molecule has 28 heavy (non-hydrogen) atoms. The van der Waals surface area contributed by atoms with Crippen LogP contribution in [0, 0.1) is 5.92 Å². The van der Waals surface area contributed by atoms with E-state index in [0.717, 1.165) is 25.9 Å². The van der Waals surface area contributed by atoms with Gasteiger partial charge in [-0.15, -0.1) is 0 Å². The summed E-state index contributed by atoms with van der Waals surface area (Å²) >= 11 is 0. The lowest BCUT2D eigenvalue weighted by atomic mass is 9.84. The molecule has 1 amide bonds. The summed E-state index contributed by atoms with van der Waals surface area (Å²) in [5.74, 6) is 2.06. The molecular weight excluding hydrogens is 360 g/mol. The summed E-state index contributed by atoms with van der Waals surface area (Å²) < 4.78 is 10.6. The second-order valence-corrected chi connectivity index (χ2v) is 7.34. The van der Waals surface area contributed by atoms with E-state index < -0.39 is 0 Å². The van der Waals surface area contributed by atoms with Gasteiger partial charge in [0.1, 0.15) is 11.5 Å². The molecule has 2 heterocycles. The molecule has 1 aromatic carbocycles. The molecule has 3 rings (SSSR count). The van der Waals surface area contributed by atoms with Gasteiger partial charge in [0.05, 0.1) is 19.8 Å². The zero-order valence-electron chi connectivity index (χ0n) is 17.1. The van der Waals surface area contributed by atoms with Gasteiger partial charge in [-0.05, 0) is 57.3 Å². The highest BCUT2D eigenvalue weighted by Crippen LogP contribution is 2.31. The average molecular weight is 392 g/mol. The lowest BCUT2D eigenvalue weighted by Gasteiger charge is -2.42. The Bertz CT molecular complexity index is 644. The van der Waals surface area contributed by atoms with E-state index in [1.807, 2.05) is 11.0 Å². The molecule has 0 radical (unpaired) electrons. The van der Waals surface area contributed by atoms with Crippen molar-refractivity contribution < 1.29 is 24.2 Å². The van der Waals surface area contributed by atoms with Crippen molar-refractivity contribution in [1.82, 2.24) is 9.80 Å². The van der Waals surface area contributed by atoms with E-state index in [0.29, 0.717) is 29.0 Å². The van der Waals surface area contributed by atoms with Crippen molar-refractivity contribution in [2.45, 2.75) is 38.1 Å². The number of likely N-dealkylation sites (tertiary alicyclic amines) is 2. The number of hydrogen-bond donors (Lipinski definition) is 1. The van der Waals surface area contributed by atoms with Crippen LogP contribution >= 0.6 is 0 Å². The van der Waals surface area contributed by atoms with Crippen LogP contribution < -0.4 is 9.47 Å². The summed E-state index contributed by atoms with van der Waals surface area (Å²) in [5.41, 5.74) is 0.622. The van der Waals surface area contributed by atoms with Crippen molar-refractivity contribution >= 4 is 12.4 Å². The molecule has 2 saturated heterocycles. The largest absolute Gasteiger partial charge is 0.497 e. The Morgan fingerprint density at radius 1 is 1.11 bits per heavy atom. The lowest BCUT2D eigenvalue weighted by molar-refractivity contribution is -0.122. The molecule has 2 fully saturated rings. The molecule has 0 bridgehead atoms. The predicted molar refractivity (Wildman–Crippen MR) is 107 cm³/mol. The van der Waals surface area contributed by atoms with E-state index in [1.54, 1.807) is 26.4 Å². The summed E-state index contributed by atoms with van der Waals surface area (Å²) in [6, 6.07) is 6.10. The number of carboxylic acid groups (broad SMARTS) is 1. The first-order valence-corrected chi connectivity index (χ1v) is 9.85. The molecule has 0 spiro atoms. The van der Waals surface area contributed by atoms with Crippen molar-refractivity contribution in [1.29, 1.82) is 0 Å². The predicted octanol–water partition coefficient (Wildman–Crippen LogP) is 2.74. The van der Waals surface area contributed by atoms with Crippen LogP contribution in [0.3, 0.4) is 0 Å². The van der Waals surface area contributed by atoms with Gasteiger partial charge in [0.2, 0.25) is 0 Å². The fourth-order valence-corrected chi connectivity index (χ4v) is 4.33. The summed E-state index contributed by atoms with van der Waals surface area (Å²) in [6.45, 7) is 2.64. The van der Waals surface area contributed by atoms with Crippen LogP contribution in [0.2, 0.25) is 0 Å². The van der Waals surface area contributed by atoms with Crippen LogP contribution in [-0.4, -0.2) is 74.2 Å². The number of amides is 1. The third-order valence-electron chi connectivity index (χ3n) is 5.84. The smallest absolute Gasteiger partial charge is 0.290 e. The summed E-state index contributed by atoms with van der Waals surface area (Å²) in [6.07, 6.45) is 6.17. The lowest BCUT2D eigenvalue weighted by Crippen LogP contribution is -2.47. The Morgan fingerprint density at radius 2 is 1.79 bits per heavy atom. The zero-order chi connectivity index (χ0) is 20.5. The minimum atomic E-state index is -0.250. The number of benzene rings is 1. The van der Waals surface area contributed by atoms with Crippen molar-refractivity contribution in [3.05, 3.63) is 23.8 Å². The van der Waals surface area contributed by atoms with E-state index in [1.165, 1.54) is 25.8 Å². The van der Waals surface area contributed by atoms with E-state index >= 15 is 0 Å². The number of carbonyl (C=O) groups is 2. The quantitative estimate of drug-likeness (QED) is 0.794. The molecule has 1 aromatic rings. The van der Waals surface area contributed by atoms with Crippen LogP contribution in [0.4, 0.5) is 0 Å². The minimum absolute atomic E-state index is 0.0648. The molecule has 0 aromatic heterocycles. The first-order chi connectivity index (χ1) is 13.5. The fourth-order valence-electron chi connectivity index (χ4n) is 4.33. The second kappa shape index (κ2) is 10.9. The summed E-state index contributed by atoms with van der Waals surface area (Å²) in [4.78, 5) is 25.8. The normalized spacial score (nSPS) is 20.7. The van der Waals surface area contributed by atoms with Crippen LogP contribution in [0.1, 0.15) is 42.5 Å². The monoisotopic (exact) mass is 392 g/mol. The highest BCUT2D eigenvalue weighted by molar-refractivity contribution is 5.97. The summed E-state index contributed by atoms with van der Waals surface area (Å²) in [5, 5.41) is 6.89. The van der Waals surface area contributed by atoms with E-state index in [2.05, 4.69) is 11.9 Å². The molecule has 1 unspecified atom stereocenters. The third kappa shape index (κ3) is 5.38. The molecule has 0 aliphatic carbocycles. The third-order valence-corrected chi connectivity index (χ3v) is 5.84. The van der Waals surface area contributed by atoms with Crippen LogP contribution in [-0.2, 0) is 4.79 Å². The van der Waals surface area contributed by atoms with Gasteiger partial charge in [-0.3, -0.25) is 9.59 Å². The van der Waals surface area contributed by atoms with Crippen LogP contribution in [0.5, 0.6) is 11.5 Å². The maximum atomic E-state index is 12.9. The van der Waals surface area contributed by atoms with Gasteiger partial charge in [0.15, 0.2) is 0 Å². The summed E-state index contributed by atoms with van der Waals surface area (Å²) in [7, 11) is 5.46. The minimum Gasteiger partial charge on any atom is -0.497 e. The molecule has 156 valence electrons. The maximum Gasteiger partial charge on any atom is 0.290 e. The first-order valence-electron chi connectivity index (χ1n) is 9.85. The second-order valence-electron chi connectivity index (χ2n) is 7.34. The van der Waals surface area contributed by atoms with Gasteiger partial charge in [0.25, 0.3) is 12.4 Å². The molecule has 7 nitrogen and oxygen atoms in total. The number of nitrogens with zero attached hydrogens (tertiary/aromatic N) is 2. The average Bonchev–Trinajstić information content (AvgIpc) is 2.74. The Morgan fingerprint density at radius 3 is 2.36 bits per heavy atom. The van der Waals surface area contributed by atoms with Crippen molar-refractivity contribution in [3.63, 3.8) is 0 Å². The van der Waals surface area contributed by atoms with E-state index in [4.69, 9.17) is 19.4 Å². The van der Waals surface area contributed by atoms with E-state index in [-0.39, 0.29) is 12.4 Å². The fraction of sp³-hybridized carbons (Fsp3) is 0.619. The molecule has 1 N–H and O–H groups in total. The van der Waals surface area contributed by atoms with Crippen LogP contribution in [0.25, 0.3) is 0 Å². The van der Waals surface area contributed by atoms with Gasteiger partial charge >= 0.3 is 0 Å². The van der Waals surface area contributed by atoms with Gasteiger partial charge in [-0.25, -0.2) is 0 Å². The Labute approximate surface area is 167 Å². The molecule has 7 heteroatoms. The number of methoxy groups -OCH3 is 2. The SMILES string of the molecule is COc1ccc(C(=O)N2CCC(C3CCCCN3C)CC2)c(OC)c1.O=CO. The highest BCUT2D eigenvalue weighted by Gasteiger charge is 2.32. The zero-order valence-corrected chi connectivity index (χ0v) is 17.1. The topological polar surface area (TPSA) is 79.3 Å². The van der Waals surface area contributed by atoms with Crippen molar-refractivity contribution in [2.75, 3.05) is 40.9 Å². The van der Waals surface area contributed by atoms with Gasteiger partial charge < -0.3 is 24.4 Å². The van der Waals surface area contributed by atoms with Gasteiger partial charge in [-0.1, -0.05) is 6.42 Å². The standard InChI is InChI=1S/C20H30N2O3.CH2O2/c1-21-11-5-4-6-18(21)15-9-12-22(13-10-15)20(23)17-8-7-16(24-2)14-19(17)25-3;2-1-3/h7-8,14-15,18H,4-6,9-13H2,1-3H3;1H,(H,2,3). The maximum absolute atomic E-state index is 12.9.